The third-order valence-corrected chi connectivity index (χ3v) is 3.68. The fraction of sp³-hybridized carbons (Fsp3) is 0.692. The molecule has 4 heteroatoms. The summed E-state index contributed by atoms with van der Waals surface area (Å²) < 4.78 is 0. The second kappa shape index (κ2) is 5.45. The van der Waals surface area contributed by atoms with Crippen LogP contribution in [-0.2, 0) is 0 Å². The maximum atomic E-state index is 4.52. The van der Waals surface area contributed by atoms with E-state index in [-0.39, 0.29) is 0 Å². The Morgan fingerprint density at radius 3 is 2.29 bits per heavy atom. The number of nitrogens with one attached hydrogen (secondary N) is 2. The topological polar surface area (TPSA) is 49.8 Å². The quantitative estimate of drug-likeness (QED) is 0.840. The Balaban J connectivity index is 1.91. The van der Waals surface area contributed by atoms with E-state index in [2.05, 4.69) is 20.6 Å². The third kappa shape index (κ3) is 3.16. The predicted octanol–water partition coefficient (Wildman–Crippen LogP) is 2.04. The van der Waals surface area contributed by atoms with Gasteiger partial charge in [0.1, 0.15) is 5.82 Å². The van der Waals surface area contributed by atoms with Gasteiger partial charge in [0.2, 0.25) is 0 Å². The summed E-state index contributed by atoms with van der Waals surface area (Å²) in [5, 5.41) is 6.84. The molecule has 94 valence electrons. The number of hydrogen-bond acceptors (Lipinski definition) is 4. The first-order valence-corrected chi connectivity index (χ1v) is 6.43. The molecule has 4 nitrogen and oxygen atoms in total. The molecule has 2 rings (SSSR count). The van der Waals surface area contributed by atoms with Crippen LogP contribution >= 0.6 is 0 Å². The Kier molecular flexibility index (Phi) is 3.94. The molecule has 0 aliphatic heterocycles. The van der Waals surface area contributed by atoms with Crippen molar-refractivity contribution in [2.24, 2.45) is 0 Å². The smallest absolute Gasteiger partial charge is 0.145 e. The molecule has 1 aromatic rings. The molecule has 1 aliphatic carbocycles. The van der Waals surface area contributed by atoms with Gasteiger partial charge in [-0.25, -0.2) is 4.98 Å². The first-order valence-electron chi connectivity index (χ1n) is 6.43. The normalized spacial score (nSPS) is 24.6. The minimum atomic E-state index is 0.552. The summed E-state index contributed by atoms with van der Waals surface area (Å²) in [6, 6.07) is 1.25. The molecule has 1 aromatic heterocycles. The van der Waals surface area contributed by atoms with Gasteiger partial charge in [-0.15, -0.1) is 0 Å². The lowest BCUT2D eigenvalue weighted by molar-refractivity contribution is 0.371. The molecule has 0 amide bonds. The van der Waals surface area contributed by atoms with Gasteiger partial charge in [0.15, 0.2) is 0 Å². The van der Waals surface area contributed by atoms with Gasteiger partial charge < -0.3 is 10.6 Å². The summed E-state index contributed by atoms with van der Waals surface area (Å²) in [6.07, 6.45) is 6.74. The van der Waals surface area contributed by atoms with E-state index in [9.17, 15) is 0 Å². The number of anilines is 1. The Morgan fingerprint density at radius 1 is 1.06 bits per heavy atom. The van der Waals surface area contributed by atoms with Crippen molar-refractivity contribution in [2.45, 2.75) is 51.6 Å². The average molecular weight is 234 g/mol. The molecule has 0 saturated heterocycles. The highest BCUT2D eigenvalue weighted by Gasteiger charge is 2.20. The molecule has 0 aromatic carbocycles. The maximum Gasteiger partial charge on any atom is 0.145 e. The second-order valence-corrected chi connectivity index (χ2v) is 4.91. The van der Waals surface area contributed by atoms with Crippen LogP contribution in [0.5, 0.6) is 0 Å². The lowest BCUT2D eigenvalue weighted by Gasteiger charge is -2.29. The Morgan fingerprint density at radius 2 is 1.71 bits per heavy atom. The van der Waals surface area contributed by atoms with E-state index >= 15 is 0 Å². The van der Waals surface area contributed by atoms with Gasteiger partial charge in [-0.2, -0.15) is 0 Å². The Bertz CT molecular complexity index is 370. The summed E-state index contributed by atoms with van der Waals surface area (Å²) in [7, 11) is 2.05. The number of aryl methyl sites for hydroxylation is 2. The standard InChI is InChI=1S/C13H22N4/c1-9-10(2)16-13(8-15-9)17-12-6-4-11(14-3)5-7-12/h8,11-12,14H,4-7H2,1-3H3,(H,16,17). The van der Waals surface area contributed by atoms with Crippen molar-refractivity contribution in [3.05, 3.63) is 17.6 Å². The molecule has 1 aliphatic rings. The molecule has 17 heavy (non-hydrogen) atoms. The maximum absolute atomic E-state index is 4.52. The van der Waals surface area contributed by atoms with Crippen LogP contribution < -0.4 is 10.6 Å². The minimum absolute atomic E-state index is 0.552. The SMILES string of the molecule is CNC1CCC(Nc2cnc(C)c(C)n2)CC1. The van der Waals surface area contributed by atoms with Gasteiger partial charge in [0.05, 0.1) is 17.6 Å². The molecule has 0 spiro atoms. The number of aromatic nitrogens is 2. The molecule has 0 radical (unpaired) electrons. The second-order valence-electron chi connectivity index (χ2n) is 4.91. The van der Waals surface area contributed by atoms with Crippen LogP contribution in [0.3, 0.4) is 0 Å². The van der Waals surface area contributed by atoms with Gasteiger partial charge in [-0.05, 0) is 46.6 Å². The summed E-state index contributed by atoms with van der Waals surface area (Å²) in [5.41, 5.74) is 2.02. The first-order chi connectivity index (χ1) is 8.19. The van der Waals surface area contributed by atoms with Crippen molar-refractivity contribution in [1.82, 2.24) is 15.3 Å². The number of hydrogen-bond donors (Lipinski definition) is 2. The molecular formula is C13H22N4. The van der Waals surface area contributed by atoms with Crippen molar-refractivity contribution >= 4 is 5.82 Å². The monoisotopic (exact) mass is 234 g/mol. The van der Waals surface area contributed by atoms with Gasteiger partial charge in [0.25, 0.3) is 0 Å². The summed E-state index contributed by atoms with van der Waals surface area (Å²) >= 11 is 0. The van der Waals surface area contributed by atoms with Crippen molar-refractivity contribution in [2.75, 3.05) is 12.4 Å². The number of rotatable bonds is 3. The van der Waals surface area contributed by atoms with Crippen LogP contribution in [0, 0.1) is 13.8 Å². The molecule has 0 unspecified atom stereocenters. The Labute approximate surface area is 103 Å². The highest BCUT2D eigenvalue weighted by Crippen LogP contribution is 2.21. The van der Waals surface area contributed by atoms with Crippen LogP contribution in [0.2, 0.25) is 0 Å². The molecule has 2 N–H and O–H groups in total. The molecular weight excluding hydrogens is 212 g/mol. The van der Waals surface area contributed by atoms with Crippen LogP contribution in [-0.4, -0.2) is 29.1 Å². The summed E-state index contributed by atoms with van der Waals surface area (Å²) in [5.74, 6) is 0.918. The molecule has 0 atom stereocenters. The molecule has 1 saturated carbocycles. The average Bonchev–Trinajstić information content (AvgIpc) is 2.35. The van der Waals surface area contributed by atoms with Gasteiger partial charge in [-0.1, -0.05) is 0 Å². The molecule has 1 heterocycles. The van der Waals surface area contributed by atoms with Gasteiger partial charge >= 0.3 is 0 Å². The van der Waals surface area contributed by atoms with Crippen molar-refractivity contribution in [1.29, 1.82) is 0 Å². The van der Waals surface area contributed by atoms with E-state index in [1.165, 1.54) is 25.7 Å². The van der Waals surface area contributed by atoms with Crippen molar-refractivity contribution in [3.8, 4) is 0 Å². The first kappa shape index (κ1) is 12.3. The predicted molar refractivity (Wildman–Crippen MR) is 70.2 cm³/mol. The molecule has 1 fully saturated rings. The van der Waals surface area contributed by atoms with Crippen molar-refractivity contribution in [3.63, 3.8) is 0 Å². The third-order valence-electron chi connectivity index (χ3n) is 3.68. The summed E-state index contributed by atoms with van der Waals surface area (Å²) in [6.45, 7) is 4.00. The van der Waals surface area contributed by atoms with Gasteiger partial charge in [0, 0.05) is 12.1 Å². The highest BCUT2D eigenvalue weighted by molar-refractivity contribution is 5.34. The lowest BCUT2D eigenvalue weighted by Crippen LogP contribution is -2.35. The fourth-order valence-electron chi connectivity index (χ4n) is 2.35. The van der Waals surface area contributed by atoms with Crippen LogP contribution in [0.15, 0.2) is 6.20 Å². The summed E-state index contributed by atoms with van der Waals surface area (Å²) in [4.78, 5) is 8.85. The number of nitrogens with zero attached hydrogens (tertiary/aromatic N) is 2. The van der Waals surface area contributed by atoms with E-state index in [4.69, 9.17) is 0 Å². The van der Waals surface area contributed by atoms with Gasteiger partial charge in [-0.3, -0.25) is 4.98 Å². The van der Waals surface area contributed by atoms with E-state index in [1.807, 2.05) is 27.1 Å². The zero-order valence-electron chi connectivity index (χ0n) is 11.0. The van der Waals surface area contributed by atoms with Crippen LogP contribution in [0.1, 0.15) is 37.1 Å². The Hall–Kier alpha value is -1.16. The zero-order valence-corrected chi connectivity index (χ0v) is 11.0. The van der Waals surface area contributed by atoms with E-state index < -0.39 is 0 Å². The molecule has 0 bridgehead atoms. The van der Waals surface area contributed by atoms with E-state index in [0.717, 1.165) is 17.2 Å². The van der Waals surface area contributed by atoms with Crippen LogP contribution in [0.25, 0.3) is 0 Å². The highest BCUT2D eigenvalue weighted by atomic mass is 15.0. The van der Waals surface area contributed by atoms with Crippen LogP contribution in [0.4, 0.5) is 5.82 Å². The zero-order chi connectivity index (χ0) is 12.3. The largest absolute Gasteiger partial charge is 0.366 e. The van der Waals surface area contributed by atoms with E-state index in [1.54, 1.807) is 0 Å². The fourth-order valence-corrected chi connectivity index (χ4v) is 2.35. The van der Waals surface area contributed by atoms with Crippen molar-refractivity contribution < 1.29 is 0 Å². The lowest BCUT2D eigenvalue weighted by atomic mass is 9.91. The minimum Gasteiger partial charge on any atom is -0.366 e. The van der Waals surface area contributed by atoms with E-state index in [0.29, 0.717) is 12.1 Å².